The Balaban J connectivity index is 2.20. The maximum Gasteiger partial charge on any atom is 0.190 e. The number of H-pyrrole nitrogens is 1. The Morgan fingerprint density at radius 3 is 2.82 bits per heavy atom. The molecule has 0 fully saturated rings. The van der Waals surface area contributed by atoms with Gasteiger partial charge in [0.05, 0.1) is 10.6 Å². The molecule has 0 atom stereocenters. The Hall–Kier alpha value is -2.62. The van der Waals surface area contributed by atoms with Gasteiger partial charge in [-0.3, -0.25) is 0 Å². The molecule has 0 amide bonds. The molecule has 2 heterocycles. The normalized spacial score (nSPS) is 13.1. The first kappa shape index (κ1) is 13.1. The molecule has 1 aliphatic heterocycles. The van der Waals surface area contributed by atoms with Gasteiger partial charge in [0.1, 0.15) is 0 Å². The maximum atomic E-state index is 10.9. The van der Waals surface area contributed by atoms with Crippen LogP contribution in [0.25, 0.3) is 27.8 Å². The van der Waals surface area contributed by atoms with Crippen LogP contribution in [-0.4, -0.2) is 16.0 Å². The van der Waals surface area contributed by atoms with Crippen molar-refractivity contribution in [3.63, 3.8) is 0 Å². The summed E-state index contributed by atoms with van der Waals surface area (Å²) in [5.41, 5.74) is 2.69. The Kier molecular flexibility index (Phi) is 2.79. The van der Waals surface area contributed by atoms with Crippen molar-refractivity contribution in [2.45, 2.75) is 0 Å². The summed E-state index contributed by atoms with van der Waals surface area (Å²) in [6, 6.07) is 11.5. The van der Waals surface area contributed by atoms with Gasteiger partial charge in [0.25, 0.3) is 0 Å². The van der Waals surface area contributed by atoms with E-state index in [4.69, 9.17) is 0 Å². The van der Waals surface area contributed by atoms with Gasteiger partial charge in [0.15, 0.2) is 17.4 Å². The number of nitrogens with one attached hydrogen (secondary N) is 1. The second-order valence-electron chi connectivity index (χ2n) is 4.98. The predicted octanol–water partition coefficient (Wildman–Crippen LogP) is 2.61. The highest BCUT2D eigenvalue weighted by atomic mass is 79.9. The number of aromatic nitrogens is 1. The largest absolute Gasteiger partial charge is 0.504 e. The summed E-state index contributed by atoms with van der Waals surface area (Å²) >= 11 is 3.54. The first-order valence-corrected chi connectivity index (χ1v) is 7.42. The maximum absolute atomic E-state index is 10.9. The van der Waals surface area contributed by atoms with Crippen LogP contribution in [0.2, 0.25) is 0 Å². The molecule has 22 heavy (non-hydrogen) atoms. The summed E-state index contributed by atoms with van der Waals surface area (Å²) < 4.78 is 0.824. The van der Waals surface area contributed by atoms with Crippen molar-refractivity contribution in [2.75, 3.05) is 0 Å². The summed E-state index contributed by atoms with van der Waals surface area (Å²) in [4.78, 5) is 18.3. The second-order valence-corrected chi connectivity index (χ2v) is 5.83. The number of fused-ring (bicyclic) bond motifs is 2. The quantitative estimate of drug-likeness (QED) is 0.661. The van der Waals surface area contributed by atoms with E-state index >= 15 is 0 Å². The molecule has 0 saturated heterocycles. The number of nitrogens with zero attached hydrogens (tertiary/aromatic N) is 1. The molecule has 4 rings (SSSR count). The highest BCUT2D eigenvalue weighted by Crippen LogP contribution is 2.31. The van der Waals surface area contributed by atoms with E-state index in [1.54, 1.807) is 12.0 Å². The topological polar surface area (TPSA) is 65.5 Å². The fourth-order valence-corrected chi connectivity index (χ4v) is 3.35. The van der Waals surface area contributed by atoms with E-state index < -0.39 is 0 Å². The lowest BCUT2D eigenvalue weighted by Crippen LogP contribution is -2.25. The van der Waals surface area contributed by atoms with Gasteiger partial charge < -0.3 is 10.1 Å². The van der Waals surface area contributed by atoms with Gasteiger partial charge in [-0.1, -0.05) is 34.1 Å². The highest BCUT2D eigenvalue weighted by Gasteiger charge is 2.20. The van der Waals surface area contributed by atoms with Crippen molar-refractivity contribution in [3.8, 4) is 11.1 Å². The van der Waals surface area contributed by atoms with E-state index in [2.05, 4.69) is 25.9 Å². The van der Waals surface area contributed by atoms with E-state index in [0.29, 0.717) is 10.6 Å². The molecule has 0 spiro atoms. The number of rotatable bonds is 1. The van der Waals surface area contributed by atoms with Crippen LogP contribution in [0.1, 0.15) is 0 Å². The molecule has 1 aliphatic rings. The number of aliphatic hydroxyl groups is 1. The molecule has 0 radical (unpaired) electrons. The van der Waals surface area contributed by atoms with E-state index in [0.717, 1.165) is 26.5 Å². The Labute approximate surface area is 133 Å². The smallest absolute Gasteiger partial charge is 0.190 e. The number of para-hydroxylation sites is 1. The van der Waals surface area contributed by atoms with Crippen LogP contribution in [0.15, 0.2) is 57.8 Å². The number of benzene rings is 2. The number of aliphatic hydroxyl groups excluding tert-OH is 1. The van der Waals surface area contributed by atoms with Gasteiger partial charge in [-0.05, 0) is 18.2 Å². The molecule has 2 N–H and O–H groups in total. The zero-order chi connectivity index (χ0) is 15.3. The minimum Gasteiger partial charge on any atom is -0.504 e. The number of hydrogen-bond donors (Lipinski definition) is 2. The van der Waals surface area contributed by atoms with Crippen LogP contribution in [0.3, 0.4) is 0 Å². The SMILES string of the molecule is O=C=C1N=c2ccc(Br)c(-c3c[nH]c4ccccc34)c2=C1O. The number of hydrogen-bond acceptors (Lipinski definition) is 3. The van der Waals surface area contributed by atoms with E-state index in [-0.39, 0.29) is 11.5 Å². The molecule has 3 aromatic rings. The molecular weight excluding hydrogens is 344 g/mol. The van der Waals surface area contributed by atoms with Crippen molar-refractivity contribution < 1.29 is 9.90 Å². The standard InChI is InChI=1S/C17H9BrN2O2/c18-11-5-6-13-16(17(22)14(8-21)20-13)15(11)10-7-19-12-4-2-1-3-9(10)12/h1-7,19,22H. The minimum atomic E-state index is -0.133. The van der Waals surface area contributed by atoms with Crippen LogP contribution >= 0.6 is 15.9 Å². The van der Waals surface area contributed by atoms with Crippen LogP contribution in [0.5, 0.6) is 0 Å². The monoisotopic (exact) mass is 352 g/mol. The van der Waals surface area contributed by atoms with Crippen LogP contribution in [0.4, 0.5) is 0 Å². The summed E-state index contributed by atoms with van der Waals surface area (Å²) in [6.07, 6.45) is 1.89. The summed E-state index contributed by atoms with van der Waals surface area (Å²) in [5, 5.41) is 12.5. The van der Waals surface area contributed by atoms with E-state index in [1.807, 2.05) is 36.5 Å². The predicted molar refractivity (Wildman–Crippen MR) is 87.5 cm³/mol. The van der Waals surface area contributed by atoms with Crippen LogP contribution in [-0.2, 0) is 4.79 Å². The number of aromatic amines is 1. The number of carbonyl (C=O) groups excluding carboxylic acids is 1. The Morgan fingerprint density at radius 1 is 1.18 bits per heavy atom. The third-order valence-corrected chi connectivity index (χ3v) is 4.44. The molecule has 4 nitrogen and oxygen atoms in total. The zero-order valence-corrected chi connectivity index (χ0v) is 12.8. The third-order valence-electron chi connectivity index (χ3n) is 3.78. The van der Waals surface area contributed by atoms with Gasteiger partial charge >= 0.3 is 0 Å². The van der Waals surface area contributed by atoms with Gasteiger partial charge in [-0.25, -0.2) is 9.79 Å². The molecule has 0 bridgehead atoms. The molecule has 0 aliphatic carbocycles. The molecule has 0 saturated carbocycles. The van der Waals surface area contributed by atoms with E-state index in [1.165, 1.54) is 0 Å². The first-order valence-electron chi connectivity index (χ1n) is 6.63. The van der Waals surface area contributed by atoms with Crippen molar-refractivity contribution in [1.29, 1.82) is 0 Å². The molecule has 106 valence electrons. The lowest BCUT2D eigenvalue weighted by Gasteiger charge is -2.04. The first-order chi connectivity index (χ1) is 10.7. The fourth-order valence-electron chi connectivity index (χ4n) is 2.80. The zero-order valence-electron chi connectivity index (χ0n) is 11.2. The van der Waals surface area contributed by atoms with E-state index in [9.17, 15) is 9.90 Å². The summed E-state index contributed by atoms with van der Waals surface area (Å²) in [6.45, 7) is 0. The number of halogens is 1. The molecule has 2 aromatic carbocycles. The van der Waals surface area contributed by atoms with Gasteiger partial charge in [0.2, 0.25) is 0 Å². The minimum absolute atomic E-state index is 0.0609. The van der Waals surface area contributed by atoms with Crippen molar-refractivity contribution in [2.24, 2.45) is 4.99 Å². The molecule has 1 aromatic heterocycles. The molecule has 0 unspecified atom stereocenters. The summed E-state index contributed by atoms with van der Waals surface area (Å²) in [5.74, 6) is 1.55. The van der Waals surface area contributed by atoms with Crippen LogP contribution < -0.4 is 10.6 Å². The van der Waals surface area contributed by atoms with Gasteiger partial charge in [-0.2, -0.15) is 0 Å². The van der Waals surface area contributed by atoms with Crippen molar-refractivity contribution in [1.82, 2.24) is 4.98 Å². The Morgan fingerprint density at radius 2 is 2.00 bits per heavy atom. The van der Waals surface area contributed by atoms with Crippen molar-refractivity contribution >= 4 is 38.5 Å². The summed E-state index contributed by atoms with van der Waals surface area (Å²) in [7, 11) is 0. The fraction of sp³-hybridized carbons (Fsp3) is 0. The van der Waals surface area contributed by atoms with Gasteiger partial charge in [-0.15, -0.1) is 0 Å². The Bertz CT molecular complexity index is 1110. The highest BCUT2D eigenvalue weighted by molar-refractivity contribution is 9.10. The van der Waals surface area contributed by atoms with Gasteiger partial charge in [0, 0.05) is 32.7 Å². The van der Waals surface area contributed by atoms with Crippen LogP contribution in [0, 0.1) is 0 Å². The average molecular weight is 353 g/mol. The lowest BCUT2D eigenvalue weighted by molar-refractivity contribution is 0.505. The lowest BCUT2D eigenvalue weighted by atomic mass is 10.0. The van der Waals surface area contributed by atoms with Crippen molar-refractivity contribution in [3.05, 3.63) is 63.3 Å². The second kappa shape index (κ2) is 4.70. The molecule has 5 heteroatoms. The average Bonchev–Trinajstić information content (AvgIpc) is 3.09. The molecular formula is C17H9BrN2O2. The third kappa shape index (κ3) is 1.70.